The number of rotatable bonds is 7. The van der Waals surface area contributed by atoms with Gasteiger partial charge < -0.3 is 34.1 Å². The number of amides is 1. The zero-order valence-electron chi connectivity index (χ0n) is 19.8. The van der Waals surface area contributed by atoms with Crippen LogP contribution in [-0.4, -0.2) is 70.1 Å². The van der Waals surface area contributed by atoms with Crippen LogP contribution in [0.25, 0.3) is 0 Å². The van der Waals surface area contributed by atoms with E-state index >= 15 is 0 Å². The number of esters is 1. The second-order valence-corrected chi connectivity index (χ2v) is 8.77. The quantitative estimate of drug-likeness (QED) is 0.428. The number of alkyl carbamates (subject to hydrolysis) is 1. The fraction of sp³-hybridized carbons (Fsp3) is 0.478. The number of fused-ring (bicyclic) bond motifs is 1. The molecule has 13 heteroatoms. The number of methoxy groups -OCH3 is 1. The van der Waals surface area contributed by atoms with Gasteiger partial charge in [0, 0.05) is 12.3 Å². The molecule has 194 valence electrons. The Hall–Kier alpha value is -3.52. The summed E-state index contributed by atoms with van der Waals surface area (Å²) in [5.41, 5.74) is -0.644. The van der Waals surface area contributed by atoms with Gasteiger partial charge in [-0.3, -0.25) is 14.3 Å². The third kappa shape index (κ3) is 5.33. The topological polar surface area (TPSA) is 167 Å². The summed E-state index contributed by atoms with van der Waals surface area (Å²) in [4.78, 5) is 51.0. The number of H-pyrrole nitrogens is 1. The first-order valence-corrected chi connectivity index (χ1v) is 11.2. The molecule has 0 unspecified atom stereocenters. The minimum Gasteiger partial charge on any atom is -0.467 e. The molecule has 2 aliphatic rings. The highest BCUT2D eigenvalue weighted by atomic mass is 16.8. The summed E-state index contributed by atoms with van der Waals surface area (Å²) in [6.45, 7) is 3.21. The second kappa shape index (κ2) is 10.2. The van der Waals surface area contributed by atoms with Crippen molar-refractivity contribution in [3.05, 3.63) is 69.0 Å². The fourth-order valence-electron chi connectivity index (χ4n) is 4.23. The Labute approximate surface area is 204 Å². The number of nitrogens with zero attached hydrogens (tertiary/aromatic N) is 1. The first-order valence-electron chi connectivity index (χ1n) is 11.2. The molecule has 0 aliphatic carbocycles. The van der Waals surface area contributed by atoms with E-state index in [2.05, 4.69) is 10.3 Å². The van der Waals surface area contributed by atoms with Gasteiger partial charge in [0.15, 0.2) is 18.1 Å². The van der Waals surface area contributed by atoms with Crippen molar-refractivity contribution >= 4 is 12.1 Å². The fourth-order valence-corrected chi connectivity index (χ4v) is 4.23. The third-order valence-electron chi connectivity index (χ3n) is 5.81. The van der Waals surface area contributed by atoms with Crippen LogP contribution in [0.1, 0.15) is 25.6 Å². The van der Waals surface area contributed by atoms with Gasteiger partial charge in [0.1, 0.15) is 31.0 Å². The molecular formula is C23H27N3O10. The molecule has 2 fully saturated rings. The molecule has 13 nitrogen and oxygen atoms in total. The Morgan fingerprint density at radius 2 is 1.86 bits per heavy atom. The van der Waals surface area contributed by atoms with E-state index in [9.17, 15) is 24.3 Å². The standard InChI is InChI=1S/C23H27N3O10/c1-23(2)35-17-16(34-19(18(17)36-23)26-10-9-13(27)24-21(26)30)15(28)14(20(29)32-3)25-22(31)33-11-12-7-5-4-6-8-12/h4-10,14-19,28H,11H2,1-3H3,(H,25,31)(H,24,27,30)/t14-,15-,16+,17+,18+,19+/m0/s1. The van der Waals surface area contributed by atoms with E-state index in [1.807, 2.05) is 6.07 Å². The molecule has 3 N–H and O–H groups in total. The predicted octanol–water partition coefficient (Wildman–Crippen LogP) is -0.217. The van der Waals surface area contributed by atoms with E-state index in [1.165, 1.54) is 6.20 Å². The van der Waals surface area contributed by atoms with Crippen LogP contribution in [0, 0.1) is 0 Å². The van der Waals surface area contributed by atoms with Crippen LogP contribution in [-0.2, 0) is 35.1 Å². The number of aliphatic hydroxyl groups is 1. The van der Waals surface area contributed by atoms with Crippen LogP contribution in [0.4, 0.5) is 4.79 Å². The number of aliphatic hydroxyl groups excluding tert-OH is 1. The van der Waals surface area contributed by atoms with Crippen molar-refractivity contribution in [1.82, 2.24) is 14.9 Å². The van der Waals surface area contributed by atoms with Gasteiger partial charge in [-0.25, -0.2) is 14.4 Å². The lowest BCUT2D eigenvalue weighted by atomic mass is 9.99. The normalized spacial score (nSPS) is 26.0. The monoisotopic (exact) mass is 505 g/mol. The zero-order valence-corrected chi connectivity index (χ0v) is 19.8. The molecule has 1 aromatic carbocycles. The highest BCUT2D eigenvalue weighted by Gasteiger charge is 2.59. The second-order valence-electron chi connectivity index (χ2n) is 8.77. The van der Waals surface area contributed by atoms with E-state index < -0.39 is 65.8 Å². The molecule has 2 aliphatic heterocycles. The number of aromatic nitrogens is 2. The van der Waals surface area contributed by atoms with Gasteiger partial charge in [-0.15, -0.1) is 0 Å². The molecule has 0 saturated carbocycles. The first-order chi connectivity index (χ1) is 17.1. The Kier molecular flexibility index (Phi) is 7.26. The van der Waals surface area contributed by atoms with Crippen molar-refractivity contribution < 1.29 is 38.4 Å². The Morgan fingerprint density at radius 1 is 1.17 bits per heavy atom. The smallest absolute Gasteiger partial charge is 0.408 e. The number of ether oxygens (including phenoxy) is 5. The van der Waals surface area contributed by atoms with Crippen LogP contribution in [0.15, 0.2) is 52.2 Å². The molecule has 6 atom stereocenters. The maximum atomic E-state index is 12.5. The van der Waals surface area contributed by atoms with Crippen LogP contribution in [0.2, 0.25) is 0 Å². The van der Waals surface area contributed by atoms with Gasteiger partial charge >= 0.3 is 17.8 Å². The van der Waals surface area contributed by atoms with Crippen molar-refractivity contribution in [3.63, 3.8) is 0 Å². The zero-order chi connectivity index (χ0) is 26.0. The maximum Gasteiger partial charge on any atom is 0.408 e. The summed E-state index contributed by atoms with van der Waals surface area (Å²) in [5, 5.41) is 13.5. The Bertz CT molecular complexity index is 1210. The number of nitrogens with one attached hydrogen (secondary N) is 2. The number of benzene rings is 1. The summed E-state index contributed by atoms with van der Waals surface area (Å²) in [5.74, 6) is -2.06. The Balaban J connectivity index is 1.55. The van der Waals surface area contributed by atoms with Gasteiger partial charge in [0.05, 0.1) is 7.11 Å². The lowest BCUT2D eigenvalue weighted by molar-refractivity contribution is -0.210. The minimum atomic E-state index is -1.69. The molecule has 0 radical (unpaired) electrons. The molecule has 1 amide bonds. The van der Waals surface area contributed by atoms with E-state index in [4.69, 9.17) is 23.7 Å². The van der Waals surface area contributed by atoms with Crippen molar-refractivity contribution in [2.24, 2.45) is 0 Å². The molecule has 0 spiro atoms. The van der Waals surface area contributed by atoms with Crippen LogP contribution in [0.5, 0.6) is 0 Å². The van der Waals surface area contributed by atoms with E-state index in [1.54, 1.807) is 38.1 Å². The van der Waals surface area contributed by atoms with Crippen LogP contribution < -0.4 is 16.6 Å². The van der Waals surface area contributed by atoms with Crippen LogP contribution in [0.3, 0.4) is 0 Å². The van der Waals surface area contributed by atoms with E-state index in [0.29, 0.717) is 0 Å². The molecule has 36 heavy (non-hydrogen) atoms. The van der Waals surface area contributed by atoms with Crippen molar-refractivity contribution in [3.8, 4) is 0 Å². The first kappa shape index (κ1) is 25.6. The summed E-state index contributed by atoms with van der Waals surface area (Å²) < 4.78 is 28.7. The summed E-state index contributed by atoms with van der Waals surface area (Å²) in [6, 6.07) is 8.41. The van der Waals surface area contributed by atoms with Crippen molar-refractivity contribution in [1.29, 1.82) is 0 Å². The predicted molar refractivity (Wildman–Crippen MR) is 121 cm³/mol. The highest BCUT2D eigenvalue weighted by Crippen LogP contribution is 2.43. The van der Waals surface area contributed by atoms with Gasteiger partial charge in [-0.05, 0) is 19.4 Å². The largest absolute Gasteiger partial charge is 0.467 e. The molecular weight excluding hydrogens is 478 g/mol. The van der Waals surface area contributed by atoms with E-state index in [0.717, 1.165) is 23.3 Å². The van der Waals surface area contributed by atoms with Gasteiger partial charge in [0.25, 0.3) is 5.56 Å². The number of carbonyl (C=O) groups is 2. The molecule has 2 aromatic rings. The third-order valence-corrected chi connectivity index (χ3v) is 5.81. The number of aromatic amines is 1. The number of hydrogen-bond acceptors (Lipinski definition) is 10. The maximum absolute atomic E-state index is 12.5. The summed E-state index contributed by atoms with van der Waals surface area (Å²) in [6.07, 6.45) is -5.60. The van der Waals surface area contributed by atoms with Crippen LogP contribution >= 0.6 is 0 Å². The lowest BCUT2D eigenvalue weighted by Gasteiger charge is -2.30. The average Bonchev–Trinajstić information content (AvgIpc) is 3.34. The van der Waals surface area contributed by atoms with Gasteiger partial charge in [-0.1, -0.05) is 30.3 Å². The number of hydrogen-bond donors (Lipinski definition) is 3. The Morgan fingerprint density at radius 3 is 2.53 bits per heavy atom. The average molecular weight is 505 g/mol. The van der Waals surface area contributed by atoms with E-state index in [-0.39, 0.29) is 6.61 Å². The number of carbonyl (C=O) groups excluding carboxylic acids is 2. The van der Waals surface area contributed by atoms with Gasteiger partial charge in [-0.2, -0.15) is 0 Å². The molecule has 4 rings (SSSR count). The van der Waals surface area contributed by atoms with Crippen molar-refractivity contribution in [2.45, 2.75) is 62.9 Å². The summed E-state index contributed by atoms with van der Waals surface area (Å²) in [7, 11) is 1.10. The summed E-state index contributed by atoms with van der Waals surface area (Å²) >= 11 is 0. The highest BCUT2D eigenvalue weighted by molar-refractivity contribution is 5.82. The molecule has 2 saturated heterocycles. The minimum absolute atomic E-state index is 0.0658. The SMILES string of the molecule is COC(=O)[C@@H](NC(=O)OCc1ccccc1)[C@H](O)[C@H]1O[C@@H](n2ccc(=O)[nH]c2=O)[C@@H]2OC(C)(C)O[C@H]12. The van der Waals surface area contributed by atoms with Crippen molar-refractivity contribution in [2.75, 3.05) is 7.11 Å². The van der Waals surface area contributed by atoms with Gasteiger partial charge in [0.2, 0.25) is 0 Å². The molecule has 0 bridgehead atoms. The lowest BCUT2D eigenvalue weighted by Crippen LogP contribution is -2.56. The molecule has 3 heterocycles. The molecule has 1 aromatic heterocycles.